The maximum atomic E-state index is 12.8. The summed E-state index contributed by atoms with van der Waals surface area (Å²) in [4.78, 5) is 33.8. The van der Waals surface area contributed by atoms with Crippen molar-refractivity contribution in [3.05, 3.63) is 58.4 Å². The molecule has 9 nitrogen and oxygen atoms in total. The molecule has 0 saturated heterocycles. The fraction of sp³-hybridized carbons (Fsp3) is 0.176. The third kappa shape index (κ3) is 5.96. The van der Waals surface area contributed by atoms with E-state index in [9.17, 15) is 24.1 Å². The summed E-state index contributed by atoms with van der Waals surface area (Å²) in [6, 6.07) is 8.87. The number of carbonyl (C=O) groups excluding carboxylic acids is 2. The van der Waals surface area contributed by atoms with E-state index in [-0.39, 0.29) is 22.9 Å². The molecule has 2 aromatic carbocycles. The molecule has 0 bridgehead atoms. The van der Waals surface area contributed by atoms with Crippen molar-refractivity contribution >= 4 is 23.3 Å². The van der Waals surface area contributed by atoms with E-state index in [1.54, 1.807) is 0 Å². The van der Waals surface area contributed by atoms with E-state index in [2.05, 4.69) is 5.32 Å². The Hall–Kier alpha value is -3.69. The van der Waals surface area contributed by atoms with Crippen molar-refractivity contribution in [1.29, 1.82) is 0 Å². The van der Waals surface area contributed by atoms with Gasteiger partial charge in [0.1, 0.15) is 23.0 Å². The highest BCUT2D eigenvalue weighted by Gasteiger charge is 2.18. The largest absolute Gasteiger partial charge is 0.496 e. The average Bonchev–Trinajstić information content (AvgIpc) is 2.66. The summed E-state index contributed by atoms with van der Waals surface area (Å²) < 4.78 is 27.4. The van der Waals surface area contributed by atoms with Crippen molar-refractivity contribution in [3.8, 4) is 11.5 Å². The predicted molar refractivity (Wildman–Crippen MR) is 91.1 cm³/mol. The fourth-order valence-electron chi connectivity index (χ4n) is 1.94. The van der Waals surface area contributed by atoms with E-state index in [0.29, 0.717) is 0 Å². The zero-order valence-corrected chi connectivity index (χ0v) is 14.1. The summed E-state index contributed by atoms with van der Waals surface area (Å²) in [5.41, 5.74) is -0.432. The number of nitrogens with one attached hydrogen (secondary N) is 1. The van der Waals surface area contributed by atoms with Crippen LogP contribution in [0.4, 0.5) is 15.8 Å². The average molecular weight is 378 g/mol. The van der Waals surface area contributed by atoms with Gasteiger partial charge in [0.2, 0.25) is 0 Å². The molecule has 0 spiro atoms. The van der Waals surface area contributed by atoms with E-state index in [4.69, 9.17) is 14.2 Å². The molecule has 2 rings (SSSR count). The number of nitrogens with zero attached hydrogens (tertiary/aromatic N) is 1. The maximum Gasteiger partial charge on any atom is 0.344 e. The Bertz CT molecular complexity index is 840. The molecule has 0 atom stereocenters. The molecule has 0 radical (unpaired) electrons. The minimum atomic E-state index is -0.835. The van der Waals surface area contributed by atoms with Crippen LogP contribution in [0.3, 0.4) is 0 Å². The first-order chi connectivity index (χ1) is 12.9. The smallest absolute Gasteiger partial charge is 0.344 e. The molecule has 0 aliphatic carbocycles. The number of anilines is 1. The maximum absolute atomic E-state index is 12.8. The van der Waals surface area contributed by atoms with Crippen LogP contribution in [0.5, 0.6) is 11.5 Å². The van der Waals surface area contributed by atoms with Crippen molar-refractivity contribution < 1.29 is 33.1 Å². The number of carbonyl (C=O) groups is 2. The number of ether oxygens (including phenoxy) is 3. The van der Waals surface area contributed by atoms with Gasteiger partial charge in [-0.05, 0) is 36.4 Å². The first-order valence-electron chi connectivity index (χ1n) is 7.55. The highest BCUT2D eigenvalue weighted by Crippen LogP contribution is 2.28. The van der Waals surface area contributed by atoms with Crippen LogP contribution in [-0.4, -0.2) is 37.1 Å². The number of hydrogen-bond acceptors (Lipinski definition) is 7. The van der Waals surface area contributed by atoms with E-state index in [1.807, 2.05) is 0 Å². The molecule has 0 aromatic heterocycles. The van der Waals surface area contributed by atoms with Gasteiger partial charge in [0.15, 0.2) is 13.2 Å². The van der Waals surface area contributed by atoms with Gasteiger partial charge in [0.05, 0.1) is 18.1 Å². The second-order valence-corrected chi connectivity index (χ2v) is 5.09. The Kier molecular flexibility index (Phi) is 6.64. The number of halogens is 1. The molecule has 0 saturated carbocycles. The van der Waals surface area contributed by atoms with Gasteiger partial charge in [-0.25, -0.2) is 9.18 Å². The lowest BCUT2D eigenvalue weighted by Crippen LogP contribution is -2.24. The van der Waals surface area contributed by atoms with Crippen molar-refractivity contribution in [3.63, 3.8) is 0 Å². The number of benzene rings is 2. The Labute approximate surface area is 152 Å². The van der Waals surface area contributed by atoms with Crippen LogP contribution in [0.2, 0.25) is 0 Å². The molecule has 0 aliphatic heterocycles. The molecule has 0 aliphatic rings. The second kappa shape index (κ2) is 9.13. The van der Waals surface area contributed by atoms with Gasteiger partial charge in [-0.2, -0.15) is 0 Å². The minimum absolute atomic E-state index is 0.0654. The van der Waals surface area contributed by atoms with Crippen LogP contribution in [0.25, 0.3) is 0 Å². The lowest BCUT2D eigenvalue weighted by molar-refractivity contribution is -0.384. The van der Waals surface area contributed by atoms with E-state index in [1.165, 1.54) is 31.4 Å². The van der Waals surface area contributed by atoms with Gasteiger partial charge in [-0.3, -0.25) is 14.9 Å². The van der Waals surface area contributed by atoms with Gasteiger partial charge in [0.25, 0.3) is 11.6 Å². The van der Waals surface area contributed by atoms with Gasteiger partial charge in [-0.15, -0.1) is 0 Å². The number of rotatable bonds is 8. The summed E-state index contributed by atoms with van der Waals surface area (Å²) in [6.45, 7) is -1.14. The molecule has 10 heteroatoms. The highest BCUT2D eigenvalue weighted by molar-refractivity contribution is 5.95. The number of methoxy groups -OCH3 is 1. The van der Waals surface area contributed by atoms with Crippen LogP contribution in [-0.2, 0) is 14.3 Å². The third-order valence-corrected chi connectivity index (χ3v) is 3.21. The highest BCUT2D eigenvalue weighted by atomic mass is 19.1. The van der Waals surface area contributed by atoms with Crippen LogP contribution in [0.1, 0.15) is 0 Å². The molecule has 0 unspecified atom stereocenters. The summed E-state index contributed by atoms with van der Waals surface area (Å²) in [6.07, 6.45) is 0. The fourth-order valence-corrected chi connectivity index (χ4v) is 1.94. The molecule has 27 heavy (non-hydrogen) atoms. The number of nitro groups is 1. The molecule has 1 amide bonds. The molecule has 2 aromatic rings. The summed E-state index contributed by atoms with van der Waals surface area (Å²) >= 11 is 0. The summed E-state index contributed by atoms with van der Waals surface area (Å²) in [7, 11) is 1.35. The number of esters is 1. The van der Waals surface area contributed by atoms with Crippen LogP contribution < -0.4 is 14.8 Å². The van der Waals surface area contributed by atoms with Gasteiger partial charge in [-0.1, -0.05) is 0 Å². The zero-order valence-electron chi connectivity index (χ0n) is 14.1. The number of amides is 1. The predicted octanol–water partition coefficient (Wildman–Crippen LogP) is 2.30. The minimum Gasteiger partial charge on any atom is -0.496 e. The monoisotopic (exact) mass is 378 g/mol. The standard InChI is InChI=1S/C17H15FN2O7/c1-25-13-6-7-14(15(8-13)20(23)24)19-16(21)9-27-17(22)10-26-12-4-2-11(18)3-5-12/h2-8H,9-10H2,1H3,(H,19,21). The Balaban J connectivity index is 1.84. The number of hydrogen-bond donors (Lipinski definition) is 1. The lowest BCUT2D eigenvalue weighted by atomic mass is 10.2. The topological polar surface area (TPSA) is 117 Å². The first-order valence-corrected chi connectivity index (χ1v) is 7.55. The van der Waals surface area contributed by atoms with Crippen LogP contribution in [0, 0.1) is 15.9 Å². The number of nitro benzene ring substituents is 1. The Morgan fingerprint density at radius 1 is 1.11 bits per heavy atom. The molecule has 1 N–H and O–H groups in total. The Morgan fingerprint density at radius 2 is 1.78 bits per heavy atom. The Morgan fingerprint density at radius 3 is 2.41 bits per heavy atom. The van der Waals surface area contributed by atoms with Gasteiger partial charge in [0, 0.05) is 0 Å². The van der Waals surface area contributed by atoms with Gasteiger partial charge < -0.3 is 19.5 Å². The zero-order chi connectivity index (χ0) is 19.8. The van der Waals surface area contributed by atoms with E-state index in [0.717, 1.165) is 18.2 Å². The van der Waals surface area contributed by atoms with Crippen molar-refractivity contribution in [2.45, 2.75) is 0 Å². The molecular formula is C17H15FN2O7. The van der Waals surface area contributed by atoms with E-state index < -0.39 is 35.8 Å². The van der Waals surface area contributed by atoms with Gasteiger partial charge >= 0.3 is 5.97 Å². The first kappa shape index (κ1) is 19.6. The summed E-state index contributed by atoms with van der Waals surface area (Å²) in [5, 5.41) is 13.3. The lowest BCUT2D eigenvalue weighted by Gasteiger charge is -2.09. The SMILES string of the molecule is COc1ccc(NC(=O)COC(=O)COc2ccc(F)cc2)c([N+](=O)[O-])c1. The van der Waals surface area contributed by atoms with Crippen molar-refractivity contribution in [2.24, 2.45) is 0 Å². The van der Waals surface area contributed by atoms with E-state index >= 15 is 0 Å². The second-order valence-electron chi connectivity index (χ2n) is 5.09. The summed E-state index contributed by atoms with van der Waals surface area (Å²) in [5.74, 6) is -1.54. The molecule has 0 fully saturated rings. The van der Waals surface area contributed by atoms with Crippen molar-refractivity contribution in [1.82, 2.24) is 0 Å². The molecular weight excluding hydrogens is 363 g/mol. The van der Waals surface area contributed by atoms with Crippen molar-refractivity contribution in [2.75, 3.05) is 25.6 Å². The normalized spacial score (nSPS) is 10.0. The quantitative estimate of drug-likeness (QED) is 0.425. The third-order valence-electron chi connectivity index (χ3n) is 3.21. The molecule has 142 valence electrons. The molecule has 0 heterocycles. The van der Waals surface area contributed by atoms with Crippen LogP contribution in [0.15, 0.2) is 42.5 Å². The van der Waals surface area contributed by atoms with Crippen LogP contribution >= 0.6 is 0 Å².